The van der Waals surface area contributed by atoms with Crippen LogP contribution in [0.25, 0.3) is 0 Å². The number of nitrogens with two attached hydrogens (primary N) is 1. The molecule has 1 rings (SSSR count). The van der Waals surface area contributed by atoms with Crippen LogP contribution in [-0.2, 0) is 0 Å². The monoisotopic (exact) mass is 339 g/mol. The van der Waals surface area contributed by atoms with Gasteiger partial charge in [0.15, 0.2) is 0 Å². The molecule has 0 spiro atoms. The second kappa shape index (κ2) is 8.10. The molecular formula is C13H20BrClFNO. The lowest BCUT2D eigenvalue weighted by molar-refractivity contribution is 0.128. The Morgan fingerprint density at radius 3 is 2.44 bits per heavy atom. The molecular weight excluding hydrogens is 321 g/mol. The minimum Gasteiger partial charge on any atom is -0.391 e. The maximum Gasteiger partial charge on any atom is 0.124 e. The summed E-state index contributed by atoms with van der Waals surface area (Å²) >= 11 is 3.26. The zero-order chi connectivity index (χ0) is 13.0. The van der Waals surface area contributed by atoms with Gasteiger partial charge < -0.3 is 10.8 Å². The smallest absolute Gasteiger partial charge is 0.124 e. The van der Waals surface area contributed by atoms with Crippen LogP contribution >= 0.6 is 28.3 Å². The predicted octanol–water partition coefficient (Wildman–Crippen LogP) is 3.81. The standard InChI is InChI=1S/C13H19BrFNO.ClH/c1-8(2)3-6-12(17)13(16)10-5-4-9(15)7-11(10)14;/h4-5,7-8,12-13,17H,3,6,16H2,1-2H3;1H/t12-,13+;/m0./s1. The van der Waals surface area contributed by atoms with Crippen LogP contribution in [0.3, 0.4) is 0 Å². The fourth-order valence-electron chi connectivity index (χ4n) is 1.66. The van der Waals surface area contributed by atoms with Crippen LogP contribution in [0.1, 0.15) is 38.3 Å². The van der Waals surface area contributed by atoms with E-state index in [1.807, 2.05) is 0 Å². The highest BCUT2D eigenvalue weighted by atomic mass is 79.9. The summed E-state index contributed by atoms with van der Waals surface area (Å²) in [6.45, 7) is 4.21. The van der Waals surface area contributed by atoms with E-state index >= 15 is 0 Å². The van der Waals surface area contributed by atoms with Gasteiger partial charge in [-0.1, -0.05) is 35.8 Å². The second-order valence-corrected chi connectivity index (χ2v) is 5.58. The number of benzene rings is 1. The molecule has 0 bridgehead atoms. The van der Waals surface area contributed by atoms with Gasteiger partial charge in [0.25, 0.3) is 0 Å². The molecule has 0 aliphatic carbocycles. The number of rotatable bonds is 5. The van der Waals surface area contributed by atoms with E-state index < -0.39 is 12.1 Å². The van der Waals surface area contributed by atoms with Crippen molar-refractivity contribution < 1.29 is 9.50 Å². The van der Waals surface area contributed by atoms with Crippen LogP contribution in [0.4, 0.5) is 4.39 Å². The van der Waals surface area contributed by atoms with Crippen LogP contribution in [0.2, 0.25) is 0 Å². The van der Waals surface area contributed by atoms with Gasteiger partial charge in [-0.3, -0.25) is 0 Å². The Kier molecular flexibility index (Phi) is 8.03. The van der Waals surface area contributed by atoms with Gasteiger partial charge in [-0.15, -0.1) is 12.4 Å². The first-order valence-electron chi connectivity index (χ1n) is 5.80. The first-order chi connectivity index (χ1) is 7.91. The summed E-state index contributed by atoms with van der Waals surface area (Å²) in [6, 6.07) is 3.85. The van der Waals surface area contributed by atoms with E-state index in [9.17, 15) is 9.50 Å². The predicted molar refractivity (Wildman–Crippen MR) is 78.4 cm³/mol. The summed E-state index contributed by atoms with van der Waals surface area (Å²) in [5.74, 6) is 0.220. The van der Waals surface area contributed by atoms with Crippen LogP contribution < -0.4 is 5.73 Å². The molecule has 104 valence electrons. The number of hydrogen-bond acceptors (Lipinski definition) is 2. The molecule has 0 aliphatic rings. The largest absolute Gasteiger partial charge is 0.391 e. The van der Waals surface area contributed by atoms with Crippen LogP contribution in [-0.4, -0.2) is 11.2 Å². The molecule has 0 saturated carbocycles. The first-order valence-corrected chi connectivity index (χ1v) is 6.59. The van der Waals surface area contributed by atoms with Gasteiger partial charge in [0.1, 0.15) is 5.82 Å². The van der Waals surface area contributed by atoms with Crippen molar-refractivity contribution in [1.29, 1.82) is 0 Å². The molecule has 3 N–H and O–H groups in total. The molecule has 2 atom stereocenters. The van der Waals surface area contributed by atoms with Crippen LogP contribution in [0.15, 0.2) is 22.7 Å². The van der Waals surface area contributed by atoms with Gasteiger partial charge in [-0.25, -0.2) is 4.39 Å². The fourth-order valence-corrected chi connectivity index (χ4v) is 2.28. The number of aliphatic hydroxyl groups excluding tert-OH is 1. The normalized spacial score (nSPS) is 14.2. The Morgan fingerprint density at radius 2 is 1.94 bits per heavy atom. The number of hydrogen-bond donors (Lipinski definition) is 2. The highest BCUT2D eigenvalue weighted by Crippen LogP contribution is 2.26. The molecule has 0 radical (unpaired) electrons. The Morgan fingerprint density at radius 1 is 1.33 bits per heavy atom. The third-order valence-electron chi connectivity index (χ3n) is 2.78. The maximum absolute atomic E-state index is 12.9. The molecule has 0 saturated heterocycles. The average Bonchev–Trinajstić information content (AvgIpc) is 2.25. The lowest BCUT2D eigenvalue weighted by Crippen LogP contribution is -2.26. The van der Waals surface area contributed by atoms with Crippen LogP contribution in [0, 0.1) is 11.7 Å². The van der Waals surface area contributed by atoms with E-state index in [4.69, 9.17) is 5.73 Å². The van der Waals surface area contributed by atoms with Crippen molar-refractivity contribution in [3.05, 3.63) is 34.1 Å². The van der Waals surface area contributed by atoms with E-state index in [-0.39, 0.29) is 18.2 Å². The quantitative estimate of drug-likeness (QED) is 0.856. The first kappa shape index (κ1) is 17.8. The van der Waals surface area contributed by atoms with E-state index in [1.54, 1.807) is 6.07 Å². The number of halogens is 3. The second-order valence-electron chi connectivity index (χ2n) is 4.73. The molecule has 0 unspecified atom stereocenters. The van der Waals surface area contributed by atoms with Crippen molar-refractivity contribution in [2.24, 2.45) is 11.7 Å². The Bertz CT molecular complexity index is 376. The van der Waals surface area contributed by atoms with Crippen molar-refractivity contribution in [1.82, 2.24) is 0 Å². The van der Waals surface area contributed by atoms with Crippen molar-refractivity contribution in [2.75, 3.05) is 0 Å². The average molecular weight is 341 g/mol. The van der Waals surface area contributed by atoms with Gasteiger partial charge in [-0.2, -0.15) is 0 Å². The van der Waals surface area contributed by atoms with E-state index in [0.717, 1.165) is 12.0 Å². The molecule has 2 nitrogen and oxygen atoms in total. The van der Waals surface area contributed by atoms with Gasteiger partial charge in [0.05, 0.1) is 12.1 Å². The molecule has 0 amide bonds. The zero-order valence-corrected chi connectivity index (χ0v) is 13.0. The van der Waals surface area contributed by atoms with Crippen molar-refractivity contribution in [3.63, 3.8) is 0 Å². The molecule has 5 heteroatoms. The maximum atomic E-state index is 12.9. The van der Waals surface area contributed by atoms with E-state index in [0.29, 0.717) is 16.8 Å². The van der Waals surface area contributed by atoms with E-state index in [2.05, 4.69) is 29.8 Å². The summed E-state index contributed by atoms with van der Waals surface area (Å²) in [5.41, 5.74) is 6.71. The van der Waals surface area contributed by atoms with Crippen molar-refractivity contribution >= 4 is 28.3 Å². The highest BCUT2D eigenvalue weighted by Gasteiger charge is 2.19. The Hall–Kier alpha value is -0.160. The third kappa shape index (κ3) is 5.22. The van der Waals surface area contributed by atoms with Crippen molar-refractivity contribution in [3.8, 4) is 0 Å². The fraction of sp³-hybridized carbons (Fsp3) is 0.538. The number of aliphatic hydroxyl groups is 1. The molecule has 1 aromatic rings. The minimum absolute atomic E-state index is 0. The molecule has 18 heavy (non-hydrogen) atoms. The molecule has 0 aromatic heterocycles. The summed E-state index contributed by atoms with van der Waals surface area (Å²) < 4.78 is 13.5. The highest BCUT2D eigenvalue weighted by molar-refractivity contribution is 9.10. The van der Waals surface area contributed by atoms with Gasteiger partial charge in [0, 0.05) is 4.47 Å². The molecule has 0 heterocycles. The Balaban J connectivity index is 0.00000289. The van der Waals surface area contributed by atoms with Crippen molar-refractivity contribution in [2.45, 2.75) is 38.8 Å². The summed E-state index contributed by atoms with van der Waals surface area (Å²) in [7, 11) is 0. The lowest BCUT2D eigenvalue weighted by Gasteiger charge is -2.21. The van der Waals surface area contributed by atoms with Gasteiger partial charge >= 0.3 is 0 Å². The molecule has 0 fully saturated rings. The van der Waals surface area contributed by atoms with Gasteiger partial charge in [-0.05, 0) is 36.5 Å². The third-order valence-corrected chi connectivity index (χ3v) is 3.46. The van der Waals surface area contributed by atoms with Gasteiger partial charge in [0.2, 0.25) is 0 Å². The molecule has 1 aromatic carbocycles. The summed E-state index contributed by atoms with van der Waals surface area (Å²) in [6.07, 6.45) is 0.982. The minimum atomic E-state index is -0.598. The molecule has 0 aliphatic heterocycles. The summed E-state index contributed by atoms with van der Waals surface area (Å²) in [5, 5.41) is 9.97. The SMILES string of the molecule is CC(C)CC[C@H](O)[C@H](N)c1ccc(F)cc1Br.Cl. The summed E-state index contributed by atoms with van der Waals surface area (Å²) in [4.78, 5) is 0. The lowest BCUT2D eigenvalue weighted by atomic mass is 9.96. The topological polar surface area (TPSA) is 46.2 Å². The van der Waals surface area contributed by atoms with Crippen LogP contribution in [0.5, 0.6) is 0 Å². The van der Waals surface area contributed by atoms with E-state index in [1.165, 1.54) is 12.1 Å². The zero-order valence-electron chi connectivity index (χ0n) is 10.6. The Labute approximate surface area is 122 Å².